The molecule has 1 unspecified atom stereocenters. The Morgan fingerprint density at radius 3 is 2.39 bits per heavy atom. The van der Waals surface area contributed by atoms with E-state index in [1.165, 1.54) is 4.57 Å². The summed E-state index contributed by atoms with van der Waals surface area (Å²) >= 11 is 0. The maximum Gasteiger partial charge on any atom is 0.294 e. The van der Waals surface area contributed by atoms with Gasteiger partial charge in [-0.25, -0.2) is 22.0 Å². The minimum Gasteiger partial charge on any atom is -0.368 e. The zero-order valence-corrected chi connectivity index (χ0v) is 18.8. The highest BCUT2D eigenvalue weighted by Gasteiger charge is 2.61. The van der Waals surface area contributed by atoms with E-state index in [2.05, 4.69) is 5.32 Å². The Morgan fingerprint density at radius 2 is 1.81 bits per heavy atom. The van der Waals surface area contributed by atoms with Crippen LogP contribution in [-0.4, -0.2) is 39.5 Å². The average molecular weight is 512 g/mol. The normalized spacial score (nSPS) is 19.4. The third kappa shape index (κ3) is 4.44. The smallest absolute Gasteiger partial charge is 0.294 e. The van der Waals surface area contributed by atoms with Crippen LogP contribution in [0.4, 0.5) is 27.6 Å². The minimum atomic E-state index is -3.20. The van der Waals surface area contributed by atoms with Crippen LogP contribution in [0, 0.1) is 18.7 Å². The summed E-state index contributed by atoms with van der Waals surface area (Å²) in [6.45, 7) is 1.51. The second kappa shape index (κ2) is 8.71. The first-order chi connectivity index (χ1) is 16.7. The predicted molar refractivity (Wildman–Crippen MR) is 115 cm³/mol. The molecule has 1 aromatic heterocycles. The molecule has 192 valence electrons. The molecule has 0 spiro atoms. The summed E-state index contributed by atoms with van der Waals surface area (Å²) in [5.41, 5.74) is 3.11. The molecular formula is C23H21F5N4O4. The van der Waals surface area contributed by atoms with Gasteiger partial charge in [0.1, 0.15) is 11.4 Å². The molecule has 1 aliphatic heterocycles. The summed E-state index contributed by atoms with van der Waals surface area (Å²) < 4.78 is 67.6. The number of ketones is 1. The van der Waals surface area contributed by atoms with E-state index in [0.29, 0.717) is 11.3 Å². The Morgan fingerprint density at radius 1 is 1.14 bits per heavy atom. The van der Waals surface area contributed by atoms with E-state index in [1.54, 1.807) is 13.0 Å². The number of rotatable bonds is 7. The largest absolute Gasteiger partial charge is 0.368 e. The number of primary amides is 1. The number of halogens is 5. The lowest BCUT2D eigenvalue weighted by Crippen LogP contribution is -2.69. The molecule has 4 rings (SSSR count). The second-order valence-corrected chi connectivity index (χ2v) is 9.14. The maximum atomic E-state index is 13.5. The molecule has 2 aromatic rings. The number of carbonyl (C=O) groups is 4. The van der Waals surface area contributed by atoms with E-state index < -0.39 is 71.5 Å². The summed E-state index contributed by atoms with van der Waals surface area (Å²) in [5.74, 6) is -9.17. The van der Waals surface area contributed by atoms with Gasteiger partial charge in [-0.3, -0.25) is 19.2 Å². The Bertz CT molecular complexity index is 1280. The van der Waals surface area contributed by atoms with E-state index in [-0.39, 0.29) is 24.3 Å². The Labute approximate surface area is 201 Å². The van der Waals surface area contributed by atoms with Crippen molar-refractivity contribution in [2.75, 3.05) is 5.32 Å². The van der Waals surface area contributed by atoms with Gasteiger partial charge in [0.15, 0.2) is 0 Å². The molecule has 13 heteroatoms. The zero-order chi connectivity index (χ0) is 26.6. The maximum absolute atomic E-state index is 13.5. The first-order valence-corrected chi connectivity index (χ1v) is 10.8. The number of fused-ring (bicyclic) bond motifs is 1. The van der Waals surface area contributed by atoms with E-state index in [9.17, 15) is 41.1 Å². The molecule has 0 radical (unpaired) electrons. The fraction of sp³-hybridized carbons (Fsp3) is 0.391. The molecule has 1 atom stereocenters. The molecule has 0 bridgehead atoms. The number of alkyl halides is 4. The van der Waals surface area contributed by atoms with Crippen molar-refractivity contribution in [3.05, 3.63) is 52.6 Å². The van der Waals surface area contributed by atoms with Gasteiger partial charge in [0, 0.05) is 37.2 Å². The summed E-state index contributed by atoms with van der Waals surface area (Å²) in [6.07, 6.45) is -4.95. The number of Topliss-reactive ketones (excluding diaryl/α,β-unsaturated/α-hetero) is 1. The standard InChI is InChI=1S/C23H21F5N4O4/c1-10-4-13-5-11(19(34)30-12-2-3-15(24)14(6-12)18(25)26)7-32(13)16(10)17(33)20(35)31-22(21(29)36)8-23(27,28)9-22/h2-4,6,11,18H,5,7-9H2,1H3,(H2,29,36)(H,30,34)(H,31,35). The Kier molecular flexibility index (Phi) is 6.13. The number of carbonyl (C=O) groups excluding carboxylic acids is 4. The third-order valence-electron chi connectivity index (χ3n) is 6.47. The zero-order valence-electron chi connectivity index (χ0n) is 18.8. The molecule has 3 amide bonds. The van der Waals surface area contributed by atoms with Crippen LogP contribution in [0.3, 0.4) is 0 Å². The highest BCUT2D eigenvalue weighted by molar-refractivity contribution is 6.43. The first-order valence-electron chi connectivity index (χ1n) is 10.8. The van der Waals surface area contributed by atoms with Gasteiger partial charge in [0.25, 0.3) is 24.0 Å². The van der Waals surface area contributed by atoms with Crippen molar-refractivity contribution in [1.29, 1.82) is 0 Å². The lowest BCUT2D eigenvalue weighted by molar-refractivity contribution is -0.162. The first kappa shape index (κ1) is 25.3. The molecular weight excluding hydrogens is 491 g/mol. The molecule has 4 N–H and O–H groups in total. The molecule has 1 aliphatic carbocycles. The van der Waals surface area contributed by atoms with E-state index in [1.807, 2.05) is 5.32 Å². The highest BCUT2D eigenvalue weighted by Crippen LogP contribution is 2.45. The van der Waals surface area contributed by atoms with Crippen molar-refractivity contribution in [1.82, 2.24) is 9.88 Å². The molecule has 36 heavy (non-hydrogen) atoms. The number of aromatic nitrogens is 1. The number of aryl methyl sites for hydroxylation is 1. The third-order valence-corrected chi connectivity index (χ3v) is 6.47. The Balaban J connectivity index is 1.48. The van der Waals surface area contributed by atoms with Crippen LogP contribution in [0.25, 0.3) is 0 Å². The SMILES string of the molecule is Cc1cc2n(c1C(=O)C(=O)NC1(C(N)=O)CC(F)(F)C1)CC(C(=O)Nc1ccc(F)c(C(F)F)c1)C2. The number of hydrogen-bond acceptors (Lipinski definition) is 4. The summed E-state index contributed by atoms with van der Waals surface area (Å²) in [4.78, 5) is 49.9. The van der Waals surface area contributed by atoms with Crippen LogP contribution in [0.5, 0.6) is 0 Å². The number of hydrogen-bond donors (Lipinski definition) is 3. The lowest BCUT2D eigenvalue weighted by Gasteiger charge is -2.44. The molecule has 1 saturated carbocycles. The van der Waals surface area contributed by atoms with Crippen LogP contribution in [0.2, 0.25) is 0 Å². The number of benzene rings is 1. The number of nitrogens with one attached hydrogen (secondary N) is 2. The fourth-order valence-corrected chi connectivity index (χ4v) is 4.72. The number of nitrogens with zero attached hydrogens (tertiary/aromatic N) is 1. The van der Waals surface area contributed by atoms with Gasteiger partial charge in [0.05, 0.1) is 17.2 Å². The topological polar surface area (TPSA) is 123 Å². The minimum absolute atomic E-state index is 0.0332. The van der Waals surface area contributed by atoms with Crippen molar-refractivity contribution in [2.45, 2.75) is 50.6 Å². The molecule has 1 aromatic carbocycles. The van der Waals surface area contributed by atoms with Gasteiger partial charge < -0.3 is 20.9 Å². The van der Waals surface area contributed by atoms with Gasteiger partial charge in [-0.05, 0) is 36.8 Å². The van der Waals surface area contributed by atoms with Crippen LogP contribution < -0.4 is 16.4 Å². The molecule has 2 aliphatic rings. The summed E-state index contributed by atoms with van der Waals surface area (Å²) in [7, 11) is 0. The van der Waals surface area contributed by atoms with Gasteiger partial charge >= 0.3 is 0 Å². The lowest BCUT2D eigenvalue weighted by atomic mass is 9.72. The average Bonchev–Trinajstić information content (AvgIpc) is 3.29. The molecule has 1 fully saturated rings. The van der Waals surface area contributed by atoms with Gasteiger partial charge in [-0.2, -0.15) is 0 Å². The fourth-order valence-electron chi connectivity index (χ4n) is 4.72. The predicted octanol–water partition coefficient (Wildman–Crippen LogP) is 2.64. The summed E-state index contributed by atoms with van der Waals surface area (Å²) in [6, 6.07) is 4.36. The quantitative estimate of drug-likeness (QED) is 0.300. The highest BCUT2D eigenvalue weighted by atomic mass is 19.3. The van der Waals surface area contributed by atoms with Crippen molar-refractivity contribution >= 4 is 29.2 Å². The van der Waals surface area contributed by atoms with E-state index >= 15 is 0 Å². The van der Waals surface area contributed by atoms with Gasteiger partial charge in [-0.1, -0.05) is 0 Å². The van der Waals surface area contributed by atoms with Crippen molar-refractivity contribution in [2.24, 2.45) is 11.7 Å². The molecule has 2 heterocycles. The second-order valence-electron chi connectivity index (χ2n) is 9.14. The van der Waals surface area contributed by atoms with Crippen LogP contribution in [0.1, 0.15) is 46.6 Å². The van der Waals surface area contributed by atoms with Crippen LogP contribution in [0.15, 0.2) is 24.3 Å². The van der Waals surface area contributed by atoms with Gasteiger partial charge in [-0.15, -0.1) is 0 Å². The van der Waals surface area contributed by atoms with Crippen LogP contribution in [-0.2, 0) is 27.3 Å². The summed E-state index contributed by atoms with van der Waals surface area (Å²) in [5, 5.41) is 4.49. The number of anilines is 1. The monoisotopic (exact) mass is 512 g/mol. The number of amides is 3. The van der Waals surface area contributed by atoms with Crippen LogP contribution >= 0.6 is 0 Å². The molecule has 8 nitrogen and oxygen atoms in total. The molecule has 0 saturated heterocycles. The van der Waals surface area contributed by atoms with Crippen molar-refractivity contribution in [3.8, 4) is 0 Å². The van der Waals surface area contributed by atoms with Crippen molar-refractivity contribution < 1.29 is 41.1 Å². The van der Waals surface area contributed by atoms with Gasteiger partial charge in [0.2, 0.25) is 11.8 Å². The van der Waals surface area contributed by atoms with E-state index in [4.69, 9.17) is 5.73 Å². The van der Waals surface area contributed by atoms with Crippen molar-refractivity contribution in [3.63, 3.8) is 0 Å². The number of nitrogens with two attached hydrogens (primary N) is 1. The van der Waals surface area contributed by atoms with E-state index in [0.717, 1.165) is 18.2 Å². The Hall–Kier alpha value is -3.77.